The third kappa shape index (κ3) is 5.72. The maximum atomic E-state index is 9.73. The molecule has 0 spiro atoms. The van der Waals surface area contributed by atoms with Gasteiger partial charge in [-0.2, -0.15) is 5.26 Å². The van der Waals surface area contributed by atoms with Crippen molar-refractivity contribution in [3.05, 3.63) is 46.1 Å². The monoisotopic (exact) mass is 489 g/mol. The lowest BCUT2D eigenvalue weighted by molar-refractivity contribution is 0.143. The number of nitriles is 1. The third-order valence-electron chi connectivity index (χ3n) is 4.87. The van der Waals surface area contributed by atoms with Crippen molar-refractivity contribution in [3.63, 3.8) is 0 Å². The summed E-state index contributed by atoms with van der Waals surface area (Å²) in [4.78, 5) is 4.51. The number of halogens is 2. The van der Waals surface area contributed by atoms with E-state index in [2.05, 4.69) is 23.3 Å². The Morgan fingerprint density at radius 3 is 2.55 bits per heavy atom. The Kier molecular flexibility index (Phi) is 8.84. The quantitative estimate of drug-likeness (QED) is 0.313. The van der Waals surface area contributed by atoms with Crippen LogP contribution in [0.5, 0.6) is 17.2 Å². The summed E-state index contributed by atoms with van der Waals surface area (Å²) in [7, 11) is 3.13. The first-order valence-corrected chi connectivity index (χ1v) is 11.2. The fraction of sp³-hybridized carbons (Fsp3) is 0.333. The number of unbranched alkanes of at least 4 members (excludes halogenated alkanes) is 1. The first kappa shape index (κ1) is 24.7. The summed E-state index contributed by atoms with van der Waals surface area (Å²) < 4.78 is 22.3. The highest BCUT2D eigenvalue weighted by Crippen LogP contribution is 2.41. The Bertz CT molecular complexity index is 1160. The molecule has 7 nitrogen and oxygen atoms in total. The van der Waals surface area contributed by atoms with Crippen molar-refractivity contribution >= 4 is 45.5 Å². The molecule has 0 aliphatic heterocycles. The lowest BCUT2D eigenvalue weighted by atomic mass is 10.1. The Labute approximate surface area is 203 Å². The van der Waals surface area contributed by atoms with Crippen LogP contribution in [0.15, 0.2) is 30.5 Å². The van der Waals surface area contributed by atoms with E-state index in [4.69, 9.17) is 42.1 Å². The molecule has 0 bridgehead atoms. The van der Waals surface area contributed by atoms with Crippen molar-refractivity contribution in [2.24, 2.45) is 0 Å². The van der Waals surface area contributed by atoms with Gasteiger partial charge in [0.15, 0.2) is 11.5 Å². The molecule has 0 radical (unpaired) electrons. The molecule has 0 aliphatic carbocycles. The van der Waals surface area contributed by atoms with Gasteiger partial charge < -0.3 is 24.3 Å². The van der Waals surface area contributed by atoms with Gasteiger partial charge in [-0.3, -0.25) is 4.98 Å². The minimum atomic E-state index is 0.347. The number of nitrogens with one attached hydrogen (secondary N) is 1. The van der Waals surface area contributed by atoms with Crippen LogP contribution in [0.1, 0.15) is 25.3 Å². The highest BCUT2D eigenvalue weighted by Gasteiger charge is 2.18. The molecule has 1 N–H and O–H groups in total. The number of rotatable bonds is 11. The number of ether oxygens (including phenoxy) is 4. The van der Waals surface area contributed by atoms with E-state index in [0.29, 0.717) is 75.0 Å². The lowest BCUT2D eigenvalue weighted by Crippen LogP contribution is -2.07. The minimum absolute atomic E-state index is 0.347. The Hall–Kier alpha value is -2.92. The van der Waals surface area contributed by atoms with Gasteiger partial charge in [-0.1, -0.05) is 36.5 Å². The van der Waals surface area contributed by atoms with Crippen molar-refractivity contribution < 1.29 is 18.9 Å². The highest BCUT2D eigenvalue weighted by atomic mass is 35.5. The van der Waals surface area contributed by atoms with Crippen molar-refractivity contribution in [2.45, 2.75) is 19.8 Å². The number of benzene rings is 2. The van der Waals surface area contributed by atoms with Crippen LogP contribution < -0.4 is 19.5 Å². The summed E-state index contributed by atoms with van der Waals surface area (Å²) in [5.41, 5.74) is 1.99. The van der Waals surface area contributed by atoms with Crippen LogP contribution in [-0.4, -0.2) is 39.0 Å². The third-order valence-corrected chi connectivity index (χ3v) is 5.48. The average molecular weight is 490 g/mol. The largest absolute Gasteiger partial charge is 0.495 e. The van der Waals surface area contributed by atoms with Gasteiger partial charge in [-0.05, 0) is 24.6 Å². The predicted octanol–water partition coefficient (Wildman–Crippen LogP) is 6.37. The lowest BCUT2D eigenvalue weighted by Gasteiger charge is -2.18. The Balaban J connectivity index is 2.13. The van der Waals surface area contributed by atoms with Crippen LogP contribution in [0.3, 0.4) is 0 Å². The topological polar surface area (TPSA) is 85.6 Å². The summed E-state index contributed by atoms with van der Waals surface area (Å²) in [6.07, 6.45) is 3.37. The molecular formula is C24H25Cl2N3O4. The smallest absolute Gasteiger partial charge is 0.187 e. The number of aromatic nitrogens is 1. The van der Waals surface area contributed by atoms with Gasteiger partial charge in [0.1, 0.15) is 23.9 Å². The molecule has 0 atom stereocenters. The molecule has 0 amide bonds. The normalized spacial score (nSPS) is 10.7. The van der Waals surface area contributed by atoms with E-state index in [0.717, 1.165) is 12.8 Å². The molecule has 1 heterocycles. The van der Waals surface area contributed by atoms with Crippen molar-refractivity contribution in [2.75, 3.05) is 39.4 Å². The first-order valence-electron chi connectivity index (χ1n) is 10.4. The second-order valence-corrected chi connectivity index (χ2v) is 7.90. The van der Waals surface area contributed by atoms with Gasteiger partial charge in [-0.25, -0.2) is 0 Å². The molecule has 3 rings (SSSR count). The summed E-state index contributed by atoms with van der Waals surface area (Å²) in [5.74, 6) is 1.53. The first-order chi connectivity index (χ1) is 16.0. The summed E-state index contributed by atoms with van der Waals surface area (Å²) in [6.45, 7) is 3.41. The van der Waals surface area contributed by atoms with Crippen molar-refractivity contribution in [1.82, 2.24) is 4.98 Å². The average Bonchev–Trinajstić information content (AvgIpc) is 2.81. The van der Waals surface area contributed by atoms with Gasteiger partial charge >= 0.3 is 0 Å². The summed E-state index contributed by atoms with van der Waals surface area (Å²) >= 11 is 12.6. The SMILES string of the molecule is CCCCOc1c(OCCOC)ccc2c(Nc3cc(OC)c(Cl)cc3Cl)c(C#N)cnc12. The van der Waals surface area contributed by atoms with E-state index in [1.807, 2.05) is 6.07 Å². The molecule has 0 aliphatic rings. The standard InChI is InChI=1S/C24H25Cl2N3O4/c1-4-5-8-33-24-20(32-10-9-30-2)7-6-16-22(15(13-27)14-28-23(16)24)29-19-12-21(31-3)18(26)11-17(19)25/h6-7,11-12,14H,4-5,8-10H2,1-3H3,(H,28,29). The number of hydrogen-bond acceptors (Lipinski definition) is 7. The molecule has 0 fully saturated rings. The predicted molar refractivity (Wildman–Crippen MR) is 131 cm³/mol. The fourth-order valence-corrected chi connectivity index (χ4v) is 3.67. The zero-order valence-corrected chi connectivity index (χ0v) is 20.2. The Morgan fingerprint density at radius 1 is 1.03 bits per heavy atom. The minimum Gasteiger partial charge on any atom is -0.495 e. The maximum absolute atomic E-state index is 9.73. The second-order valence-electron chi connectivity index (χ2n) is 7.08. The number of fused-ring (bicyclic) bond motifs is 1. The number of pyridine rings is 1. The zero-order chi connectivity index (χ0) is 23.8. The number of nitrogens with zero attached hydrogens (tertiary/aromatic N) is 2. The summed E-state index contributed by atoms with van der Waals surface area (Å²) in [6, 6.07) is 9.08. The molecule has 9 heteroatoms. The van der Waals surface area contributed by atoms with Gasteiger partial charge in [0, 0.05) is 24.8 Å². The molecule has 2 aromatic carbocycles. The van der Waals surface area contributed by atoms with Crippen LogP contribution in [-0.2, 0) is 4.74 Å². The van der Waals surface area contributed by atoms with Crippen LogP contribution in [0, 0.1) is 11.3 Å². The van der Waals surface area contributed by atoms with Gasteiger partial charge in [0.25, 0.3) is 0 Å². The molecule has 1 aromatic heterocycles. The highest BCUT2D eigenvalue weighted by molar-refractivity contribution is 6.37. The zero-order valence-electron chi connectivity index (χ0n) is 18.7. The van der Waals surface area contributed by atoms with Gasteiger partial charge in [0.05, 0.1) is 47.3 Å². The molecule has 0 saturated heterocycles. The molecule has 3 aromatic rings. The van der Waals surface area contributed by atoms with E-state index in [1.54, 1.807) is 25.3 Å². The molecular weight excluding hydrogens is 465 g/mol. The van der Waals surface area contributed by atoms with Crippen LogP contribution in [0.4, 0.5) is 11.4 Å². The van der Waals surface area contributed by atoms with E-state index >= 15 is 0 Å². The van der Waals surface area contributed by atoms with E-state index < -0.39 is 0 Å². The van der Waals surface area contributed by atoms with E-state index in [9.17, 15) is 5.26 Å². The summed E-state index contributed by atoms with van der Waals surface area (Å²) in [5, 5.41) is 14.4. The van der Waals surface area contributed by atoms with E-state index in [-0.39, 0.29) is 0 Å². The molecule has 0 saturated carbocycles. The second kappa shape index (κ2) is 11.8. The van der Waals surface area contributed by atoms with E-state index in [1.165, 1.54) is 13.3 Å². The molecule has 174 valence electrons. The Morgan fingerprint density at radius 2 is 1.85 bits per heavy atom. The molecule has 0 unspecified atom stereocenters. The van der Waals surface area contributed by atoms with Gasteiger partial charge in [0.2, 0.25) is 0 Å². The van der Waals surface area contributed by atoms with Crippen molar-refractivity contribution in [3.8, 4) is 23.3 Å². The number of methoxy groups -OCH3 is 2. The van der Waals surface area contributed by atoms with Crippen molar-refractivity contribution in [1.29, 1.82) is 5.26 Å². The maximum Gasteiger partial charge on any atom is 0.187 e. The van der Waals surface area contributed by atoms with Crippen LogP contribution in [0.2, 0.25) is 10.0 Å². The van der Waals surface area contributed by atoms with Gasteiger partial charge in [-0.15, -0.1) is 0 Å². The number of hydrogen-bond donors (Lipinski definition) is 1. The van der Waals surface area contributed by atoms with Crippen LogP contribution in [0.25, 0.3) is 10.9 Å². The van der Waals surface area contributed by atoms with Crippen LogP contribution >= 0.6 is 23.2 Å². The fourth-order valence-electron chi connectivity index (χ4n) is 3.16. The molecule has 33 heavy (non-hydrogen) atoms. The number of anilines is 2.